The molecule has 2 N–H and O–H groups in total. The fourth-order valence-corrected chi connectivity index (χ4v) is 3.19. The minimum absolute atomic E-state index is 0.0613. The van der Waals surface area contributed by atoms with Crippen molar-refractivity contribution in [2.75, 3.05) is 18.0 Å². The Labute approximate surface area is 150 Å². The minimum atomic E-state index is -1.25. The zero-order chi connectivity index (χ0) is 18.7. The van der Waals surface area contributed by atoms with Crippen LogP contribution in [0.3, 0.4) is 0 Å². The van der Waals surface area contributed by atoms with Crippen LogP contribution in [0.5, 0.6) is 0 Å². The van der Waals surface area contributed by atoms with Crippen LogP contribution in [-0.2, 0) is 19.5 Å². The number of carbonyl (C=O) groups is 1. The number of nitrogens with zero attached hydrogens (tertiary/aromatic N) is 4. The fourth-order valence-electron chi connectivity index (χ4n) is 3.19. The molecule has 26 heavy (non-hydrogen) atoms. The number of aromatic nitrogens is 2. The highest BCUT2D eigenvalue weighted by molar-refractivity contribution is 5.64. The van der Waals surface area contributed by atoms with Crippen LogP contribution in [0.1, 0.15) is 22.5 Å². The van der Waals surface area contributed by atoms with Gasteiger partial charge in [0.25, 0.3) is 5.56 Å². The van der Waals surface area contributed by atoms with Gasteiger partial charge in [0, 0.05) is 13.1 Å². The third kappa shape index (κ3) is 3.37. The molecule has 0 fully saturated rings. The lowest BCUT2D eigenvalue weighted by atomic mass is 10.0. The molecule has 8 heteroatoms. The fraction of sp³-hybridized carbons (Fsp3) is 0.333. The van der Waals surface area contributed by atoms with E-state index in [1.807, 2.05) is 23.1 Å². The molecule has 1 aliphatic rings. The van der Waals surface area contributed by atoms with Crippen LogP contribution in [0.4, 0.5) is 10.6 Å². The first kappa shape index (κ1) is 17.5. The quantitative estimate of drug-likeness (QED) is 0.859. The van der Waals surface area contributed by atoms with Crippen molar-refractivity contribution in [3.63, 3.8) is 0 Å². The van der Waals surface area contributed by atoms with E-state index in [-0.39, 0.29) is 12.2 Å². The summed E-state index contributed by atoms with van der Waals surface area (Å²) in [5.74, 6) is 0.730. The van der Waals surface area contributed by atoms with E-state index < -0.39 is 11.7 Å². The molecule has 0 atom stereocenters. The third-order valence-corrected chi connectivity index (χ3v) is 4.56. The molecule has 1 aromatic heterocycles. The van der Waals surface area contributed by atoms with Crippen molar-refractivity contribution >= 4 is 11.9 Å². The van der Waals surface area contributed by atoms with Gasteiger partial charge in [0.05, 0.1) is 0 Å². The molecule has 0 radical (unpaired) electrons. The van der Waals surface area contributed by atoms with Crippen LogP contribution in [0.2, 0.25) is 0 Å². The number of carboxylic acid groups (broad SMARTS) is 1. The van der Waals surface area contributed by atoms with Crippen LogP contribution >= 0.6 is 0 Å². The molecule has 0 spiro atoms. The van der Waals surface area contributed by atoms with E-state index in [4.69, 9.17) is 5.11 Å². The third-order valence-electron chi connectivity index (χ3n) is 4.56. The van der Waals surface area contributed by atoms with Gasteiger partial charge in [0.2, 0.25) is 0 Å². The maximum atomic E-state index is 12.6. The summed E-state index contributed by atoms with van der Waals surface area (Å²) in [6.07, 6.45) is 0.376. The molecule has 0 bridgehead atoms. The molecule has 2 heterocycles. The van der Waals surface area contributed by atoms with E-state index in [2.05, 4.69) is 22.4 Å². The van der Waals surface area contributed by atoms with E-state index in [0.29, 0.717) is 24.7 Å². The molecule has 0 saturated carbocycles. The maximum absolute atomic E-state index is 12.6. The number of nitrogens with one attached hydrogen (secondary N) is 1. The highest BCUT2D eigenvalue weighted by Crippen LogP contribution is 2.21. The number of amides is 1. The van der Waals surface area contributed by atoms with Gasteiger partial charge in [0.15, 0.2) is 11.4 Å². The number of benzene rings is 1. The summed E-state index contributed by atoms with van der Waals surface area (Å²) in [6, 6.07) is 10.2. The lowest BCUT2D eigenvalue weighted by molar-refractivity contribution is 0.191. The molecule has 1 aliphatic heterocycles. The van der Waals surface area contributed by atoms with Gasteiger partial charge in [0.1, 0.15) is 18.6 Å². The summed E-state index contributed by atoms with van der Waals surface area (Å²) in [5.41, 5.74) is 1.94. The topological polar surface area (TPSA) is 111 Å². The summed E-state index contributed by atoms with van der Waals surface area (Å²) < 4.78 is 1.16. The normalized spacial score (nSPS) is 13.5. The first-order valence-corrected chi connectivity index (χ1v) is 8.31. The van der Waals surface area contributed by atoms with Gasteiger partial charge in [-0.05, 0) is 30.9 Å². The highest BCUT2D eigenvalue weighted by Gasteiger charge is 2.22. The Bertz CT molecular complexity index is 918. The summed E-state index contributed by atoms with van der Waals surface area (Å²) >= 11 is 0. The molecule has 2 aromatic rings. The van der Waals surface area contributed by atoms with Crippen LogP contribution in [0.25, 0.3) is 0 Å². The Kier molecular flexibility index (Phi) is 4.89. The monoisotopic (exact) mass is 353 g/mol. The highest BCUT2D eigenvalue weighted by atomic mass is 16.4. The molecule has 3 rings (SSSR count). The summed E-state index contributed by atoms with van der Waals surface area (Å²) in [7, 11) is 0. The van der Waals surface area contributed by atoms with Gasteiger partial charge in [-0.2, -0.15) is 5.26 Å². The molecule has 0 aliphatic carbocycles. The van der Waals surface area contributed by atoms with Crippen molar-refractivity contribution in [2.24, 2.45) is 0 Å². The standard InChI is InChI=1S/C18H19N5O3/c1-12-21-16(15(10-19)17(24)23(12)11-20-18(25)26)22-8-6-13-4-2-3-5-14(13)7-9-22/h2-5,20H,6-9,11H2,1H3,(H,25,26). The van der Waals surface area contributed by atoms with E-state index in [1.54, 1.807) is 6.92 Å². The Morgan fingerprint density at radius 3 is 2.46 bits per heavy atom. The summed E-state index contributed by atoms with van der Waals surface area (Å²) in [6.45, 7) is 2.71. The predicted molar refractivity (Wildman–Crippen MR) is 95.2 cm³/mol. The van der Waals surface area contributed by atoms with Gasteiger partial charge in [-0.1, -0.05) is 24.3 Å². The molecule has 0 saturated heterocycles. The number of rotatable bonds is 3. The lowest BCUT2D eigenvalue weighted by Crippen LogP contribution is -2.37. The van der Waals surface area contributed by atoms with Gasteiger partial charge in [-0.15, -0.1) is 0 Å². The Morgan fingerprint density at radius 2 is 1.92 bits per heavy atom. The number of anilines is 1. The van der Waals surface area contributed by atoms with Crippen molar-refractivity contribution in [1.82, 2.24) is 14.9 Å². The SMILES string of the molecule is Cc1nc(N2CCc3ccccc3CC2)c(C#N)c(=O)n1CNC(=O)O. The first-order chi connectivity index (χ1) is 12.5. The van der Waals surface area contributed by atoms with E-state index in [9.17, 15) is 14.9 Å². The lowest BCUT2D eigenvalue weighted by Gasteiger charge is -2.23. The number of fused-ring (bicyclic) bond motifs is 1. The summed E-state index contributed by atoms with van der Waals surface area (Å²) in [5, 5.41) is 20.4. The smallest absolute Gasteiger partial charge is 0.406 e. The summed E-state index contributed by atoms with van der Waals surface area (Å²) in [4.78, 5) is 29.7. The zero-order valence-corrected chi connectivity index (χ0v) is 14.4. The predicted octanol–water partition coefficient (Wildman–Crippen LogP) is 1.25. The second-order valence-corrected chi connectivity index (χ2v) is 6.10. The molecule has 8 nitrogen and oxygen atoms in total. The van der Waals surface area contributed by atoms with Gasteiger partial charge < -0.3 is 15.3 Å². The van der Waals surface area contributed by atoms with Crippen molar-refractivity contribution in [3.05, 3.63) is 57.1 Å². The van der Waals surface area contributed by atoms with Crippen LogP contribution in [-0.4, -0.2) is 33.8 Å². The van der Waals surface area contributed by atoms with Crippen molar-refractivity contribution in [2.45, 2.75) is 26.4 Å². The Balaban J connectivity index is 1.95. The Hall–Kier alpha value is -3.34. The molecular weight excluding hydrogens is 334 g/mol. The van der Waals surface area contributed by atoms with E-state index in [1.165, 1.54) is 11.1 Å². The number of nitriles is 1. The van der Waals surface area contributed by atoms with Gasteiger partial charge in [-0.25, -0.2) is 9.78 Å². The van der Waals surface area contributed by atoms with E-state index >= 15 is 0 Å². The molecular formula is C18H19N5O3. The van der Waals surface area contributed by atoms with Crippen molar-refractivity contribution < 1.29 is 9.90 Å². The average Bonchev–Trinajstić information content (AvgIpc) is 2.83. The number of aryl methyl sites for hydroxylation is 1. The van der Waals surface area contributed by atoms with Crippen molar-refractivity contribution in [1.29, 1.82) is 5.26 Å². The van der Waals surface area contributed by atoms with Crippen LogP contribution in [0, 0.1) is 18.3 Å². The minimum Gasteiger partial charge on any atom is -0.465 e. The van der Waals surface area contributed by atoms with Crippen molar-refractivity contribution in [3.8, 4) is 6.07 Å². The molecule has 1 aromatic carbocycles. The zero-order valence-electron chi connectivity index (χ0n) is 14.4. The first-order valence-electron chi connectivity index (χ1n) is 8.31. The second-order valence-electron chi connectivity index (χ2n) is 6.10. The largest absolute Gasteiger partial charge is 0.465 e. The molecule has 1 amide bonds. The van der Waals surface area contributed by atoms with Gasteiger partial charge in [-0.3, -0.25) is 9.36 Å². The van der Waals surface area contributed by atoms with E-state index in [0.717, 1.165) is 17.4 Å². The molecule has 134 valence electrons. The maximum Gasteiger partial charge on any atom is 0.406 e. The Morgan fingerprint density at radius 1 is 1.31 bits per heavy atom. The molecule has 0 unspecified atom stereocenters. The number of hydrogen-bond acceptors (Lipinski definition) is 5. The van der Waals surface area contributed by atoms with Crippen LogP contribution in [0.15, 0.2) is 29.1 Å². The van der Waals surface area contributed by atoms with Crippen LogP contribution < -0.4 is 15.8 Å². The number of hydrogen-bond donors (Lipinski definition) is 2. The average molecular weight is 353 g/mol. The van der Waals surface area contributed by atoms with Gasteiger partial charge >= 0.3 is 6.09 Å². The second kappa shape index (κ2) is 7.27.